The summed E-state index contributed by atoms with van der Waals surface area (Å²) in [6.45, 7) is 0. The Morgan fingerprint density at radius 1 is 1.38 bits per heavy atom. The van der Waals surface area contributed by atoms with Crippen LogP contribution in [0.5, 0.6) is 5.75 Å². The van der Waals surface area contributed by atoms with Crippen LogP contribution in [0, 0.1) is 21.4 Å². The van der Waals surface area contributed by atoms with E-state index in [4.69, 9.17) is 21.6 Å². The van der Waals surface area contributed by atoms with Gasteiger partial charge in [0.15, 0.2) is 5.75 Å². The second kappa shape index (κ2) is 9.08. The lowest BCUT2D eigenvalue weighted by molar-refractivity contribution is -0.385. The number of nitro benzene ring substituents is 1. The number of nitriles is 1. The molecule has 0 aromatic heterocycles. The minimum Gasteiger partial charge on any atom is -0.490 e. The Labute approximate surface area is 159 Å². The number of nitrogens with zero attached hydrogens (tertiary/aromatic N) is 2. The van der Waals surface area contributed by atoms with Crippen LogP contribution in [0.15, 0.2) is 36.4 Å². The van der Waals surface area contributed by atoms with Crippen molar-refractivity contribution >= 4 is 40.6 Å². The molecule has 2 aromatic rings. The highest BCUT2D eigenvalue weighted by Gasteiger charge is 2.15. The third-order valence-corrected chi connectivity index (χ3v) is 4.65. The highest BCUT2D eigenvalue weighted by molar-refractivity contribution is 7.99. The van der Waals surface area contributed by atoms with Gasteiger partial charge in [-0.2, -0.15) is 5.26 Å². The number of hydrogen-bond acceptors (Lipinski definition) is 6. The normalized spacial score (nSPS) is 10.0. The molecular weight excluding hydrogens is 378 g/mol. The third kappa shape index (κ3) is 5.12. The van der Waals surface area contributed by atoms with Crippen molar-refractivity contribution in [3.63, 3.8) is 0 Å². The van der Waals surface area contributed by atoms with Crippen LogP contribution in [-0.2, 0) is 10.5 Å². The molecule has 134 valence electrons. The molecule has 0 bridgehead atoms. The molecule has 0 aliphatic rings. The quantitative estimate of drug-likeness (QED) is 0.564. The predicted octanol–water partition coefficient (Wildman–Crippen LogP) is 4.00. The van der Waals surface area contributed by atoms with Gasteiger partial charge in [-0.25, -0.2) is 0 Å². The van der Waals surface area contributed by atoms with Gasteiger partial charge in [-0.1, -0.05) is 17.7 Å². The molecule has 0 saturated carbocycles. The molecule has 1 N–H and O–H groups in total. The zero-order chi connectivity index (χ0) is 19.1. The summed E-state index contributed by atoms with van der Waals surface area (Å²) in [7, 11) is 1.37. The molecule has 1 amide bonds. The van der Waals surface area contributed by atoms with E-state index in [9.17, 15) is 14.9 Å². The first-order valence-electron chi connectivity index (χ1n) is 7.33. The van der Waals surface area contributed by atoms with Gasteiger partial charge in [-0.15, -0.1) is 11.8 Å². The van der Waals surface area contributed by atoms with Crippen LogP contribution in [0.4, 0.5) is 11.4 Å². The lowest BCUT2D eigenvalue weighted by Gasteiger charge is -2.07. The molecule has 7 nitrogen and oxygen atoms in total. The molecule has 0 spiro atoms. The standard InChI is InChI=1S/C17H14ClN3O4S/c1-25-16-5-2-11(6-15(16)21(23)24)9-26-10-17(22)20-13-3-4-14(18)12(7-13)8-19/h2-7H,9-10H2,1H3,(H,20,22). The van der Waals surface area contributed by atoms with E-state index in [1.165, 1.54) is 37.1 Å². The van der Waals surface area contributed by atoms with Crippen molar-refractivity contribution in [3.05, 3.63) is 62.7 Å². The third-order valence-electron chi connectivity index (χ3n) is 3.31. The fourth-order valence-corrected chi connectivity index (χ4v) is 3.05. The van der Waals surface area contributed by atoms with Gasteiger partial charge in [0, 0.05) is 17.5 Å². The van der Waals surface area contributed by atoms with Gasteiger partial charge in [-0.3, -0.25) is 14.9 Å². The Hall–Kier alpha value is -2.76. The van der Waals surface area contributed by atoms with Crippen molar-refractivity contribution in [1.82, 2.24) is 0 Å². The van der Waals surface area contributed by atoms with E-state index < -0.39 is 4.92 Å². The van der Waals surface area contributed by atoms with Gasteiger partial charge in [0.2, 0.25) is 5.91 Å². The number of benzene rings is 2. The molecule has 0 aliphatic heterocycles. The second-order valence-corrected chi connectivity index (χ2v) is 6.50. The summed E-state index contributed by atoms with van der Waals surface area (Å²) in [5.41, 5.74) is 1.37. The van der Waals surface area contributed by atoms with Gasteiger partial charge in [0.05, 0.1) is 28.4 Å². The van der Waals surface area contributed by atoms with Crippen molar-refractivity contribution in [3.8, 4) is 11.8 Å². The molecule has 2 rings (SSSR count). The van der Waals surface area contributed by atoms with Crippen LogP contribution < -0.4 is 10.1 Å². The Balaban J connectivity index is 1.91. The monoisotopic (exact) mass is 391 g/mol. The Morgan fingerprint density at radius 2 is 2.15 bits per heavy atom. The molecule has 0 heterocycles. The summed E-state index contributed by atoms with van der Waals surface area (Å²) in [5, 5.41) is 23.0. The van der Waals surface area contributed by atoms with Gasteiger partial charge in [0.25, 0.3) is 0 Å². The van der Waals surface area contributed by atoms with Gasteiger partial charge < -0.3 is 10.1 Å². The van der Waals surface area contributed by atoms with Crippen molar-refractivity contribution in [2.45, 2.75) is 5.75 Å². The van der Waals surface area contributed by atoms with Crippen molar-refractivity contribution in [2.24, 2.45) is 0 Å². The summed E-state index contributed by atoms with van der Waals surface area (Å²) >= 11 is 7.16. The maximum absolute atomic E-state index is 12.0. The maximum Gasteiger partial charge on any atom is 0.311 e. The van der Waals surface area contributed by atoms with Crippen molar-refractivity contribution in [2.75, 3.05) is 18.2 Å². The second-order valence-electron chi connectivity index (χ2n) is 5.11. The Morgan fingerprint density at radius 3 is 2.81 bits per heavy atom. The van der Waals surface area contributed by atoms with Crippen LogP contribution >= 0.6 is 23.4 Å². The molecule has 26 heavy (non-hydrogen) atoms. The van der Waals surface area contributed by atoms with Crippen molar-refractivity contribution < 1.29 is 14.5 Å². The summed E-state index contributed by atoms with van der Waals surface area (Å²) in [6, 6.07) is 11.3. The molecule has 2 aromatic carbocycles. The topological polar surface area (TPSA) is 105 Å². The Kier molecular flexibility index (Phi) is 6.83. The fraction of sp³-hybridized carbons (Fsp3) is 0.176. The van der Waals surface area contributed by atoms with Gasteiger partial charge in [-0.05, 0) is 29.8 Å². The number of halogens is 1. The van der Waals surface area contributed by atoms with Gasteiger partial charge >= 0.3 is 5.69 Å². The number of anilines is 1. The van der Waals surface area contributed by atoms with Crippen LogP contribution in [0.1, 0.15) is 11.1 Å². The minimum absolute atomic E-state index is 0.111. The zero-order valence-electron chi connectivity index (χ0n) is 13.7. The fourth-order valence-electron chi connectivity index (χ4n) is 2.12. The van der Waals surface area contributed by atoms with Crippen molar-refractivity contribution in [1.29, 1.82) is 5.26 Å². The SMILES string of the molecule is COc1ccc(CSCC(=O)Nc2ccc(Cl)c(C#N)c2)cc1[N+](=O)[O-]. The van der Waals surface area contributed by atoms with E-state index in [1.807, 2.05) is 6.07 Å². The number of hydrogen-bond donors (Lipinski definition) is 1. The smallest absolute Gasteiger partial charge is 0.311 e. The first kappa shape index (κ1) is 19.6. The molecule has 9 heteroatoms. The molecule has 0 atom stereocenters. The Bertz CT molecular complexity index is 883. The highest BCUT2D eigenvalue weighted by atomic mass is 35.5. The number of amides is 1. The largest absolute Gasteiger partial charge is 0.490 e. The predicted molar refractivity (Wildman–Crippen MR) is 101 cm³/mol. The van der Waals surface area contributed by atoms with E-state index in [1.54, 1.807) is 18.2 Å². The maximum atomic E-state index is 12.0. The number of ether oxygens (including phenoxy) is 1. The molecule has 0 saturated heterocycles. The average molecular weight is 392 g/mol. The van der Waals surface area contributed by atoms with Crippen LogP contribution in [0.2, 0.25) is 5.02 Å². The summed E-state index contributed by atoms with van der Waals surface area (Å²) in [5.74, 6) is 0.536. The highest BCUT2D eigenvalue weighted by Crippen LogP contribution is 2.29. The number of rotatable bonds is 7. The van der Waals surface area contributed by atoms with Crippen LogP contribution in [-0.4, -0.2) is 23.7 Å². The molecule has 0 aliphatic carbocycles. The molecule has 0 unspecified atom stereocenters. The molecular formula is C17H14ClN3O4S. The molecule has 0 radical (unpaired) electrons. The minimum atomic E-state index is -0.507. The van der Waals surface area contributed by atoms with Crippen LogP contribution in [0.25, 0.3) is 0 Å². The lowest BCUT2D eigenvalue weighted by Crippen LogP contribution is -2.14. The number of methoxy groups -OCH3 is 1. The number of carbonyl (C=O) groups is 1. The number of nitro groups is 1. The average Bonchev–Trinajstić information content (AvgIpc) is 2.63. The lowest BCUT2D eigenvalue weighted by atomic mass is 10.2. The van der Waals surface area contributed by atoms with Crippen LogP contribution in [0.3, 0.4) is 0 Å². The summed E-state index contributed by atoms with van der Waals surface area (Å²) in [4.78, 5) is 22.5. The summed E-state index contributed by atoms with van der Waals surface area (Å²) < 4.78 is 4.95. The van der Waals surface area contributed by atoms with E-state index in [-0.39, 0.29) is 28.7 Å². The van der Waals surface area contributed by atoms with E-state index in [0.29, 0.717) is 22.0 Å². The molecule has 0 fully saturated rings. The summed E-state index contributed by atoms with van der Waals surface area (Å²) in [6.07, 6.45) is 0. The first-order valence-corrected chi connectivity index (χ1v) is 8.86. The van der Waals surface area contributed by atoms with E-state index >= 15 is 0 Å². The zero-order valence-corrected chi connectivity index (χ0v) is 15.3. The number of thioether (sulfide) groups is 1. The van der Waals surface area contributed by atoms with E-state index in [2.05, 4.69) is 5.32 Å². The number of nitrogens with one attached hydrogen (secondary N) is 1. The van der Waals surface area contributed by atoms with Gasteiger partial charge in [0.1, 0.15) is 6.07 Å². The van der Waals surface area contributed by atoms with E-state index in [0.717, 1.165) is 0 Å². The number of carbonyl (C=O) groups excluding carboxylic acids is 1. The first-order chi connectivity index (χ1) is 12.4.